The van der Waals surface area contributed by atoms with Crippen LogP contribution in [0.2, 0.25) is 0 Å². The van der Waals surface area contributed by atoms with Crippen LogP contribution in [-0.4, -0.2) is 24.0 Å². The number of carbonyl (C=O) groups is 3. The van der Waals surface area contributed by atoms with E-state index in [-0.39, 0.29) is 62.5 Å². The first-order valence-electron chi connectivity index (χ1n) is 15.4. The molecule has 3 aliphatic rings. The molecular weight excluding hydrogens is 484 g/mol. The SMILES string of the molecule is CCNC(=O)[C@]1(CCC(C)(C)[C@]2(C)CC[C@H]3[C@H](C)C(=O)C(C#N)=C[C@]3(C)[C@H]2CC(C)=O)CCC(C)(C)CC1C. The van der Waals surface area contributed by atoms with E-state index in [1.165, 1.54) is 0 Å². The van der Waals surface area contributed by atoms with E-state index in [9.17, 15) is 19.6 Å². The average Bonchev–Trinajstić information content (AvgIpc) is 2.83. The van der Waals surface area contributed by atoms with Crippen molar-refractivity contribution in [1.82, 2.24) is 5.32 Å². The number of rotatable bonds is 8. The first-order valence-corrected chi connectivity index (χ1v) is 15.4. The van der Waals surface area contributed by atoms with Crippen molar-refractivity contribution in [3.05, 3.63) is 11.6 Å². The second-order valence-corrected chi connectivity index (χ2v) is 15.4. The van der Waals surface area contributed by atoms with Crippen LogP contribution in [0.15, 0.2) is 11.6 Å². The summed E-state index contributed by atoms with van der Waals surface area (Å²) in [5, 5.41) is 13.0. The molecule has 0 aromatic rings. The summed E-state index contributed by atoms with van der Waals surface area (Å²) in [6, 6.07) is 2.17. The summed E-state index contributed by atoms with van der Waals surface area (Å²) in [5.74, 6) is 0.514. The Morgan fingerprint density at radius 1 is 1.13 bits per heavy atom. The van der Waals surface area contributed by atoms with Crippen LogP contribution < -0.4 is 5.32 Å². The lowest BCUT2D eigenvalue weighted by atomic mass is 9.41. The molecule has 2 saturated carbocycles. The molecule has 1 amide bonds. The second-order valence-electron chi connectivity index (χ2n) is 15.4. The van der Waals surface area contributed by atoms with Crippen molar-refractivity contribution in [1.29, 1.82) is 5.26 Å². The van der Waals surface area contributed by atoms with Crippen LogP contribution in [-0.2, 0) is 14.4 Å². The molecule has 7 atom stereocenters. The number of carbonyl (C=O) groups excluding carboxylic acids is 3. The highest BCUT2D eigenvalue weighted by Crippen LogP contribution is 2.66. The molecule has 5 nitrogen and oxygen atoms in total. The van der Waals surface area contributed by atoms with E-state index >= 15 is 0 Å². The summed E-state index contributed by atoms with van der Waals surface area (Å²) in [5.41, 5.74) is -0.634. The minimum atomic E-state index is -0.409. The van der Waals surface area contributed by atoms with E-state index in [2.05, 4.69) is 59.9 Å². The number of nitrogens with one attached hydrogen (secondary N) is 1. The van der Waals surface area contributed by atoms with Gasteiger partial charge in [-0.15, -0.1) is 0 Å². The van der Waals surface area contributed by atoms with E-state index in [0.29, 0.717) is 18.9 Å². The first kappa shape index (κ1) is 31.6. The molecule has 39 heavy (non-hydrogen) atoms. The number of Topliss-reactive ketones (excluding diaryl/α,β-unsaturated/α-hetero) is 2. The first-order chi connectivity index (χ1) is 17.9. The molecule has 218 valence electrons. The lowest BCUT2D eigenvalue weighted by molar-refractivity contribution is -0.148. The van der Waals surface area contributed by atoms with Crippen molar-refractivity contribution in [3.63, 3.8) is 0 Å². The van der Waals surface area contributed by atoms with Gasteiger partial charge in [-0.1, -0.05) is 61.5 Å². The summed E-state index contributed by atoms with van der Waals surface area (Å²) in [7, 11) is 0. The zero-order valence-electron chi connectivity index (χ0n) is 26.4. The Morgan fingerprint density at radius 2 is 1.77 bits per heavy atom. The maximum Gasteiger partial charge on any atom is 0.226 e. The minimum Gasteiger partial charge on any atom is -0.356 e. The Balaban J connectivity index is 2.02. The standard InChI is InChI=1S/C34H54N2O3/c1-11-36-29(39)34(16-14-30(5,6)19-22(34)2)17-15-31(7,8)33(10)13-12-26-24(4)28(38)25(21-35)20-32(26,9)27(33)18-23(3)37/h20,22,24,26-27H,11-19H2,1-10H3,(H,36,39)/t22?,24-,26-,27+,32-,33+,34-/m0/s1. The number of hydrogen-bond donors (Lipinski definition) is 1. The van der Waals surface area contributed by atoms with Crippen molar-refractivity contribution >= 4 is 17.5 Å². The van der Waals surface area contributed by atoms with Gasteiger partial charge in [0, 0.05) is 18.9 Å². The number of allylic oxidation sites excluding steroid dienone is 2. The monoisotopic (exact) mass is 538 g/mol. The van der Waals surface area contributed by atoms with Crippen molar-refractivity contribution < 1.29 is 14.4 Å². The third-order valence-electron chi connectivity index (χ3n) is 12.2. The highest BCUT2D eigenvalue weighted by molar-refractivity contribution is 6.01. The van der Waals surface area contributed by atoms with Gasteiger partial charge in [0.05, 0.1) is 11.0 Å². The van der Waals surface area contributed by atoms with E-state index in [1.807, 2.05) is 19.9 Å². The van der Waals surface area contributed by atoms with Gasteiger partial charge in [-0.25, -0.2) is 0 Å². The quantitative estimate of drug-likeness (QED) is 0.348. The fraction of sp³-hybridized carbons (Fsp3) is 0.824. The smallest absolute Gasteiger partial charge is 0.226 e. The molecule has 3 rings (SSSR count). The molecule has 1 unspecified atom stereocenters. The van der Waals surface area contributed by atoms with Gasteiger partial charge in [-0.2, -0.15) is 5.26 Å². The lowest BCUT2D eigenvalue weighted by Crippen LogP contribution is -2.58. The number of nitriles is 1. The number of fused-ring (bicyclic) bond motifs is 1. The molecule has 0 heterocycles. The van der Waals surface area contributed by atoms with Crippen molar-refractivity contribution in [2.75, 3.05) is 6.54 Å². The van der Waals surface area contributed by atoms with Gasteiger partial charge in [0.15, 0.2) is 5.78 Å². The van der Waals surface area contributed by atoms with Gasteiger partial charge in [0.1, 0.15) is 11.9 Å². The highest BCUT2D eigenvalue weighted by Gasteiger charge is 2.61. The summed E-state index contributed by atoms with van der Waals surface area (Å²) < 4.78 is 0. The van der Waals surface area contributed by atoms with Crippen molar-refractivity contribution in [3.8, 4) is 6.07 Å². The van der Waals surface area contributed by atoms with Crippen LogP contribution in [0.1, 0.15) is 121 Å². The van der Waals surface area contributed by atoms with Gasteiger partial charge in [0.25, 0.3) is 0 Å². The molecule has 0 aromatic carbocycles. The summed E-state index contributed by atoms with van der Waals surface area (Å²) in [4.78, 5) is 39.4. The summed E-state index contributed by atoms with van der Waals surface area (Å²) >= 11 is 0. The number of amides is 1. The Kier molecular flexibility index (Phi) is 8.73. The molecule has 3 aliphatic carbocycles. The van der Waals surface area contributed by atoms with Crippen molar-refractivity contribution in [2.24, 2.45) is 50.7 Å². The molecule has 0 aliphatic heterocycles. The minimum absolute atomic E-state index is 0.0123. The van der Waals surface area contributed by atoms with Gasteiger partial charge >= 0.3 is 0 Å². The normalized spacial score (nSPS) is 38.3. The van der Waals surface area contributed by atoms with Gasteiger partial charge in [-0.05, 0) is 98.2 Å². The van der Waals surface area contributed by atoms with Gasteiger partial charge in [-0.3, -0.25) is 9.59 Å². The number of ketones is 2. The summed E-state index contributed by atoms with van der Waals surface area (Å²) in [6.07, 6.45) is 8.93. The molecule has 5 heteroatoms. The molecule has 1 N–H and O–H groups in total. The van der Waals surface area contributed by atoms with E-state index < -0.39 is 5.41 Å². The predicted octanol–water partition coefficient (Wildman–Crippen LogP) is 7.45. The van der Waals surface area contributed by atoms with Crippen LogP contribution in [0.25, 0.3) is 0 Å². The fourth-order valence-electron chi connectivity index (χ4n) is 9.24. The van der Waals surface area contributed by atoms with Gasteiger partial charge < -0.3 is 10.1 Å². The molecule has 0 saturated heterocycles. The highest BCUT2D eigenvalue weighted by atomic mass is 16.2. The van der Waals surface area contributed by atoms with Crippen LogP contribution in [0.4, 0.5) is 0 Å². The number of hydrogen-bond acceptors (Lipinski definition) is 4. The summed E-state index contributed by atoms with van der Waals surface area (Å²) in [6.45, 7) is 22.4. The van der Waals surface area contributed by atoms with Crippen molar-refractivity contribution in [2.45, 2.75) is 121 Å². The molecule has 0 bridgehead atoms. The molecule has 0 spiro atoms. The third kappa shape index (κ3) is 5.39. The van der Waals surface area contributed by atoms with Gasteiger partial charge in [0.2, 0.25) is 5.91 Å². The predicted molar refractivity (Wildman–Crippen MR) is 157 cm³/mol. The molecule has 0 aromatic heterocycles. The maximum atomic E-state index is 13.7. The van der Waals surface area contributed by atoms with Crippen LogP contribution >= 0.6 is 0 Å². The number of nitrogens with zero attached hydrogens (tertiary/aromatic N) is 1. The van der Waals surface area contributed by atoms with E-state index in [4.69, 9.17) is 0 Å². The zero-order valence-corrected chi connectivity index (χ0v) is 26.4. The lowest BCUT2D eigenvalue weighted by Gasteiger charge is -2.63. The molecular formula is C34H54N2O3. The van der Waals surface area contributed by atoms with Crippen LogP contribution in [0.3, 0.4) is 0 Å². The topological polar surface area (TPSA) is 87.0 Å². The fourth-order valence-corrected chi connectivity index (χ4v) is 9.24. The zero-order chi connectivity index (χ0) is 29.6. The second kappa shape index (κ2) is 10.8. The Bertz CT molecular complexity index is 1060. The largest absolute Gasteiger partial charge is 0.356 e. The Hall–Kier alpha value is -1.96. The van der Waals surface area contributed by atoms with Crippen LogP contribution in [0, 0.1) is 62.1 Å². The average molecular weight is 539 g/mol. The Morgan fingerprint density at radius 3 is 2.31 bits per heavy atom. The molecule has 2 fully saturated rings. The van der Waals surface area contributed by atoms with E-state index in [1.54, 1.807) is 6.92 Å². The molecule has 0 radical (unpaired) electrons. The van der Waals surface area contributed by atoms with E-state index in [0.717, 1.165) is 44.9 Å². The van der Waals surface area contributed by atoms with Crippen LogP contribution in [0.5, 0.6) is 0 Å². The third-order valence-corrected chi connectivity index (χ3v) is 12.2. The Labute approximate surface area is 238 Å². The maximum absolute atomic E-state index is 13.7.